The molecule has 34 heavy (non-hydrogen) atoms. The van der Waals surface area contributed by atoms with Crippen molar-refractivity contribution in [3.8, 4) is 11.8 Å². The van der Waals surface area contributed by atoms with Crippen molar-refractivity contribution in [3.63, 3.8) is 0 Å². The molecular formula is C24H26N8O2. The molecule has 1 atom stereocenters. The summed E-state index contributed by atoms with van der Waals surface area (Å²) in [7, 11) is 1.64. The van der Waals surface area contributed by atoms with Gasteiger partial charge in [-0.05, 0) is 37.5 Å². The van der Waals surface area contributed by atoms with Gasteiger partial charge in [0.1, 0.15) is 6.33 Å². The molecule has 0 aliphatic carbocycles. The summed E-state index contributed by atoms with van der Waals surface area (Å²) in [5.41, 5.74) is 7.72. The number of nitrogens with two attached hydrogens (primary N) is 1. The van der Waals surface area contributed by atoms with Gasteiger partial charge in [-0.2, -0.15) is 4.98 Å². The third kappa shape index (κ3) is 3.74. The van der Waals surface area contributed by atoms with Crippen LogP contribution in [0.1, 0.15) is 25.3 Å². The average Bonchev–Trinajstić information content (AvgIpc) is 3.23. The zero-order chi connectivity index (χ0) is 23.8. The molecule has 1 aliphatic rings. The predicted octanol–water partition coefficient (Wildman–Crippen LogP) is 0.839. The molecule has 3 aromatic heterocycles. The molecule has 0 amide bonds. The van der Waals surface area contributed by atoms with Crippen LogP contribution in [0.2, 0.25) is 0 Å². The quantitative estimate of drug-likeness (QED) is 0.450. The van der Waals surface area contributed by atoms with Gasteiger partial charge in [0.25, 0.3) is 5.56 Å². The topological polar surface area (TPSA) is 117 Å². The summed E-state index contributed by atoms with van der Waals surface area (Å²) in [6.07, 6.45) is 5.10. The van der Waals surface area contributed by atoms with E-state index in [0.717, 1.165) is 35.9 Å². The third-order valence-corrected chi connectivity index (χ3v) is 6.28. The van der Waals surface area contributed by atoms with Crippen molar-refractivity contribution in [1.29, 1.82) is 0 Å². The van der Waals surface area contributed by atoms with Crippen molar-refractivity contribution < 1.29 is 0 Å². The second-order valence-electron chi connectivity index (χ2n) is 8.59. The van der Waals surface area contributed by atoms with E-state index in [1.165, 1.54) is 15.5 Å². The molecule has 2 N–H and O–H groups in total. The summed E-state index contributed by atoms with van der Waals surface area (Å²) in [5, 5.41) is 0.845. The van der Waals surface area contributed by atoms with Crippen LogP contribution in [0.25, 0.3) is 22.1 Å². The van der Waals surface area contributed by atoms with Gasteiger partial charge in [-0.1, -0.05) is 12.0 Å². The summed E-state index contributed by atoms with van der Waals surface area (Å²) in [4.78, 5) is 42.0. The van der Waals surface area contributed by atoms with E-state index in [1.807, 2.05) is 22.8 Å². The molecule has 10 heteroatoms. The zero-order valence-electron chi connectivity index (χ0n) is 19.2. The van der Waals surface area contributed by atoms with Crippen LogP contribution in [0.15, 0.2) is 40.3 Å². The maximum Gasteiger partial charge on any atom is 0.332 e. The van der Waals surface area contributed by atoms with Crippen LogP contribution in [0, 0.1) is 11.8 Å². The van der Waals surface area contributed by atoms with Gasteiger partial charge in [-0.15, -0.1) is 5.92 Å². The van der Waals surface area contributed by atoms with Crippen LogP contribution < -0.4 is 21.9 Å². The molecule has 0 bridgehead atoms. The van der Waals surface area contributed by atoms with E-state index in [1.54, 1.807) is 20.2 Å². The maximum atomic E-state index is 13.7. The molecule has 4 heterocycles. The fourth-order valence-corrected chi connectivity index (χ4v) is 4.56. The van der Waals surface area contributed by atoms with Crippen LogP contribution >= 0.6 is 0 Å². The number of hydrogen-bond donors (Lipinski definition) is 1. The fourth-order valence-electron chi connectivity index (χ4n) is 4.56. The Morgan fingerprint density at radius 1 is 1.24 bits per heavy atom. The first-order valence-electron chi connectivity index (χ1n) is 11.3. The maximum absolute atomic E-state index is 13.7. The number of fused-ring (bicyclic) bond motifs is 2. The van der Waals surface area contributed by atoms with E-state index < -0.39 is 5.69 Å². The van der Waals surface area contributed by atoms with Crippen LogP contribution in [0.4, 0.5) is 5.95 Å². The van der Waals surface area contributed by atoms with Gasteiger partial charge in [-0.25, -0.2) is 14.8 Å². The lowest BCUT2D eigenvalue weighted by atomic mass is 10.1. The largest absolute Gasteiger partial charge is 0.341 e. The summed E-state index contributed by atoms with van der Waals surface area (Å²) >= 11 is 0. The summed E-state index contributed by atoms with van der Waals surface area (Å²) < 4.78 is 4.50. The number of hydrogen-bond acceptors (Lipinski definition) is 7. The SMILES string of the molecule is CC#CCn1c(N2CCC[C@@H](N)C2)nc2c1c(=O)n(Cc1ccc3ncncc3c1)c(=O)n2C. The highest BCUT2D eigenvalue weighted by Crippen LogP contribution is 2.23. The Morgan fingerprint density at radius 2 is 2.09 bits per heavy atom. The monoisotopic (exact) mass is 458 g/mol. The number of nitrogens with zero attached hydrogens (tertiary/aromatic N) is 7. The van der Waals surface area contributed by atoms with Gasteiger partial charge in [0.15, 0.2) is 11.2 Å². The number of imidazole rings is 1. The summed E-state index contributed by atoms with van der Waals surface area (Å²) in [6, 6.07) is 5.66. The zero-order valence-corrected chi connectivity index (χ0v) is 19.2. The second-order valence-corrected chi connectivity index (χ2v) is 8.59. The van der Waals surface area contributed by atoms with Crippen molar-refractivity contribution in [2.24, 2.45) is 12.8 Å². The van der Waals surface area contributed by atoms with Gasteiger partial charge < -0.3 is 10.6 Å². The Kier molecular flexibility index (Phi) is 5.63. The minimum Gasteiger partial charge on any atom is -0.341 e. The predicted molar refractivity (Wildman–Crippen MR) is 131 cm³/mol. The van der Waals surface area contributed by atoms with E-state index in [4.69, 9.17) is 10.7 Å². The molecule has 4 aromatic rings. The molecule has 0 radical (unpaired) electrons. The van der Waals surface area contributed by atoms with Crippen molar-refractivity contribution in [2.45, 2.75) is 38.9 Å². The van der Waals surface area contributed by atoms with Gasteiger partial charge >= 0.3 is 5.69 Å². The number of piperidine rings is 1. The molecule has 10 nitrogen and oxygen atoms in total. The molecule has 5 rings (SSSR count). The first-order chi connectivity index (χ1) is 16.5. The van der Waals surface area contributed by atoms with Crippen LogP contribution in [-0.4, -0.2) is 47.8 Å². The number of aromatic nitrogens is 6. The Hall–Kier alpha value is -3.97. The summed E-state index contributed by atoms with van der Waals surface area (Å²) in [5.74, 6) is 6.57. The van der Waals surface area contributed by atoms with Crippen molar-refractivity contribution in [3.05, 3.63) is 57.1 Å². The highest BCUT2D eigenvalue weighted by molar-refractivity contribution is 5.78. The van der Waals surface area contributed by atoms with Gasteiger partial charge in [0, 0.05) is 37.8 Å². The number of anilines is 1. The third-order valence-electron chi connectivity index (χ3n) is 6.28. The standard InChI is InChI=1S/C24H26N8O2/c1-3-4-10-31-20-21(28-23(31)30-9-5-6-18(25)14-30)29(2)24(34)32(22(20)33)13-16-7-8-19-17(11-16)12-26-15-27-19/h7-8,11-12,15,18H,5-6,9-10,13-14,25H2,1-2H3/t18-/m1/s1. The average molecular weight is 459 g/mol. The van der Waals surface area contributed by atoms with Crippen molar-refractivity contribution in [2.75, 3.05) is 18.0 Å². The molecule has 0 spiro atoms. The Labute approximate surface area is 195 Å². The Balaban J connectivity index is 1.68. The normalized spacial score (nSPS) is 16.1. The minimum absolute atomic E-state index is 0.0385. The van der Waals surface area contributed by atoms with Crippen molar-refractivity contribution >= 4 is 28.0 Å². The fraction of sp³-hybridized carbons (Fsp3) is 0.375. The van der Waals surface area contributed by atoms with Crippen molar-refractivity contribution in [1.82, 2.24) is 28.7 Å². The molecule has 0 saturated carbocycles. The smallest absolute Gasteiger partial charge is 0.332 e. The molecule has 1 aliphatic heterocycles. The first-order valence-corrected chi connectivity index (χ1v) is 11.3. The van der Waals surface area contributed by atoms with Crippen LogP contribution in [-0.2, 0) is 20.1 Å². The highest BCUT2D eigenvalue weighted by atomic mass is 16.2. The van der Waals surface area contributed by atoms with E-state index >= 15 is 0 Å². The Bertz CT molecular complexity index is 1570. The van der Waals surface area contributed by atoms with Crippen LogP contribution in [0.3, 0.4) is 0 Å². The second kappa shape index (κ2) is 8.76. The molecule has 1 saturated heterocycles. The van der Waals surface area contributed by atoms with Gasteiger partial charge in [0.05, 0.1) is 18.6 Å². The van der Waals surface area contributed by atoms with E-state index in [-0.39, 0.29) is 18.1 Å². The minimum atomic E-state index is -0.421. The molecule has 0 unspecified atom stereocenters. The highest BCUT2D eigenvalue weighted by Gasteiger charge is 2.26. The lowest BCUT2D eigenvalue weighted by molar-refractivity contribution is 0.496. The van der Waals surface area contributed by atoms with E-state index in [0.29, 0.717) is 30.2 Å². The van der Waals surface area contributed by atoms with Gasteiger partial charge in [-0.3, -0.25) is 18.5 Å². The number of benzene rings is 1. The molecule has 174 valence electrons. The van der Waals surface area contributed by atoms with Crippen LogP contribution in [0.5, 0.6) is 0 Å². The molecule has 1 aromatic carbocycles. The van der Waals surface area contributed by atoms with Gasteiger partial charge in [0.2, 0.25) is 5.95 Å². The van der Waals surface area contributed by atoms with E-state index in [2.05, 4.69) is 26.7 Å². The first kappa shape index (κ1) is 21.9. The lowest BCUT2D eigenvalue weighted by Gasteiger charge is -2.31. The number of aryl methyl sites for hydroxylation is 1. The number of rotatable bonds is 4. The van der Waals surface area contributed by atoms with E-state index in [9.17, 15) is 9.59 Å². The Morgan fingerprint density at radius 3 is 2.88 bits per heavy atom. The lowest BCUT2D eigenvalue weighted by Crippen LogP contribution is -2.44. The molecule has 1 fully saturated rings. The molecular weight excluding hydrogens is 432 g/mol. The summed E-state index contributed by atoms with van der Waals surface area (Å²) in [6.45, 7) is 3.62.